The predicted molar refractivity (Wildman–Crippen MR) is 91.5 cm³/mol. The van der Waals surface area contributed by atoms with Crippen LogP contribution in [0.25, 0.3) is 5.65 Å². The number of nitrogens with zero attached hydrogens (tertiary/aromatic N) is 3. The molecular formula is C17H14ClF3N4O. The number of amides is 1. The molecule has 0 aliphatic rings. The molecule has 0 fully saturated rings. The minimum absolute atomic E-state index is 0.119. The van der Waals surface area contributed by atoms with Gasteiger partial charge in [0.05, 0.1) is 0 Å². The third-order valence-electron chi connectivity index (χ3n) is 3.79. The van der Waals surface area contributed by atoms with Crippen molar-refractivity contribution in [2.45, 2.75) is 26.4 Å². The highest BCUT2D eigenvalue weighted by Gasteiger charge is 2.36. The molecule has 5 nitrogen and oxygen atoms in total. The van der Waals surface area contributed by atoms with Gasteiger partial charge in [0.1, 0.15) is 10.7 Å². The number of hydrogen-bond acceptors (Lipinski definition) is 3. The van der Waals surface area contributed by atoms with E-state index < -0.39 is 17.8 Å². The van der Waals surface area contributed by atoms with Crippen LogP contribution in [0.4, 0.5) is 18.9 Å². The van der Waals surface area contributed by atoms with Crippen LogP contribution in [0.2, 0.25) is 5.02 Å². The zero-order valence-electron chi connectivity index (χ0n) is 13.9. The van der Waals surface area contributed by atoms with Crippen molar-refractivity contribution in [3.05, 3.63) is 58.0 Å². The molecule has 0 saturated carbocycles. The summed E-state index contributed by atoms with van der Waals surface area (Å²) in [5.41, 5.74) is 0.103. The lowest BCUT2D eigenvalue weighted by molar-refractivity contribution is -0.142. The Hall–Kier alpha value is -2.61. The minimum atomic E-state index is -4.66. The third-order valence-corrected chi connectivity index (χ3v) is 4.13. The van der Waals surface area contributed by atoms with Crippen LogP contribution >= 0.6 is 11.6 Å². The number of carbonyl (C=O) groups excluding carboxylic acids is 1. The maximum Gasteiger partial charge on any atom is 0.433 e. The number of anilines is 1. The van der Waals surface area contributed by atoms with Crippen LogP contribution in [0.5, 0.6) is 0 Å². The van der Waals surface area contributed by atoms with Crippen molar-refractivity contribution >= 4 is 28.8 Å². The lowest BCUT2D eigenvalue weighted by Gasteiger charge is -2.09. The molecule has 2 aromatic heterocycles. The summed E-state index contributed by atoms with van der Waals surface area (Å²) in [6.07, 6.45) is -3.82. The Kier molecular flexibility index (Phi) is 4.62. The first kappa shape index (κ1) is 18.2. The van der Waals surface area contributed by atoms with Crippen LogP contribution in [-0.2, 0) is 12.6 Å². The largest absolute Gasteiger partial charge is 0.433 e. The molecule has 0 aliphatic heterocycles. The molecule has 3 rings (SSSR count). The Balaban J connectivity index is 2.02. The van der Waals surface area contributed by atoms with Crippen LogP contribution in [-0.4, -0.2) is 20.5 Å². The Morgan fingerprint density at radius 1 is 1.27 bits per heavy atom. The van der Waals surface area contributed by atoms with Gasteiger partial charge in [0.25, 0.3) is 5.91 Å². The zero-order valence-corrected chi connectivity index (χ0v) is 14.6. The molecule has 1 N–H and O–H groups in total. The van der Waals surface area contributed by atoms with Gasteiger partial charge in [0.2, 0.25) is 0 Å². The Morgan fingerprint density at radius 3 is 2.50 bits per heavy atom. The number of halogens is 4. The number of nitrogens with one attached hydrogen (secondary N) is 1. The SMILES string of the molecule is CCc1ccc(NC(=O)c2nn3c(C(F)(F)F)cc(C)nc3c2Cl)cc1. The Morgan fingerprint density at radius 2 is 1.92 bits per heavy atom. The molecule has 9 heteroatoms. The van der Waals surface area contributed by atoms with Gasteiger partial charge in [0, 0.05) is 11.4 Å². The molecule has 0 radical (unpaired) electrons. The van der Waals surface area contributed by atoms with E-state index in [1.807, 2.05) is 19.1 Å². The third kappa shape index (κ3) is 3.37. The van der Waals surface area contributed by atoms with E-state index in [1.165, 1.54) is 6.92 Å². The summed E-state index contributed by atoms with van der Waals surface area (Å²) in [5, 5.41) is 6.08. The molecule has 136 valence electrons. The van der Waals surface area contributed by atoms with E-state index in [0.717, 1.165) is 18.1 Å². The van der Waals surface area contributed by atoms with E-state index in [-0.39, 0.29) is 22.1 Å². The monoisotopic (exact) mass is 382 g/mol. The van der Waals surface area contributed by atoms with Crippen molar-refractivity contribution in [1.82, 2.24) is 14.6 Å². The van der Waals surface area contributed by atoms with Gasteiger partial charge in [0.15, 0.2) is 11.3 Å². The number of aryl methyl sites for hydroxylation is 2. The second-order valence-corrected chi connectivity index (χ2v) is 6.06. The molecule has 0 saturated heterocycles. The van der Waals surface area contributed by atoms with Crippen LogP contribution in [0.3, 0.4) is 0 Å². The molecule has 0 spiro atoms. The quantitative estimate of drug-likeness (QED) is 0.724. The standard InChI is InChI=1S/C17H14ClF3N4O/c1-3-10-4-6-11(7-5-10)23-16(26)14-13(18)15-22-9(2)8-12(17(19,20)21)25(15)24-14/h4-8H,3H2,1-2H3,(H,23,26). The second kappa shape index (κ2) is 6.60. The average molecular weight is 383 g/mol. The van der Waals surface area contributed by atoms with E-state index >= 15 is 0 Å². The van der Waals surface area contributed by atoms with E-state index in [0.29, 0.717) is 10.2 Å². The van der Waals surface area contributed by atoms with Crippen molar-refractivity contribution in [1.29, 1.82) is 0 Å². The number of aromatic nitrogens is 3. The Bertz CT molecular complexity index is 980. The number of carbonyl (C=O) groups is 1. The number of hydrogen-bond donors (Lipinski definition) is 1. The topological polar surface area (TPSA) is 59.3 Å². The summed E-state index contributed by atoms with van der Waals surface area (Å²) in [4.78, 5) is 16.4. The summed E-state index contributed by atoms with van der Waals surface area (Å²) in [5.74, 6) is -0.712. The number of benzene rings is 1. The maximum atomic E-state index is 13.2. The summed E-state index contributed by atoms with van der Waals surface area (Å²) < 4.78 is 40.2. The van der Waals surface area contributed by atoms with E-state index in [4.69, 9.17) is 11.6 Å². The van der Waals surface area contributed by atoms with Gasteiger partial charge in [-0.15, -0.1) is 0 Å². The van der Waals surface area contributed by atoms with Crippen LogP contribution in [0, 0.1) is 6.92 Å². The number of rotatable bonds is 3. The van der Waals surface area contributed by atoms with Crippen molar-refractivity contribution < 1.29 is 18.0 Å². The molecule has 26 heavy (non-hydrogen) atoms. The highest BCUT2D eigenvalue weighted by Crippen LogP contribution is 2.32. The van der Waals surface area contributed by atoms with Crippen molar-refractivity contribution in [2.75, 3.05) is 5.32 Å². The molecule has 2 heterocycles. The van der Waals surface area contributed by atoms with Gasteiger partial charge in [-0.25, -0.2) is 9.50 Å². The first-order valence-corrected chi connectivity index (χ1v) is 8.12. The van der Waals surface area contributed by atoms with Crippen LogP contribution < -0.4 is 5.32 Å². The molecule has 3 aromatic rings. The first-order valence-electron chi connectivity index (χ1n) is 7.74. The fraction of sp³-hybridized carbons (Fsp3) is 0.235. The highest BCUT2D eigenvalue weighted by atomic mass is 35.5. The highest BCUT2D eigenvalue weighted by molar-refractivity contribution is 6.37. The fourth-order valence-electron chi connectivity index (χ4n) is 2.47. The van der Waals surface area contributed by atoms with Crippen molar-refractivity contribution in [3.8, 4) is 0 Å². The average Bonchev–Trinajstić information content (AvgIpc) is 2.91. The Labute approximate surface area is 151 Å². The number of alkyl halides is 3. The molecular weight excluding hydrogens is 369 g/mol. The smallest absolute Gasteiger partial charge is 0.321 e. The summed E-state index contributed by atoms with van der Waals surface area (Å²) in [7, 11) is 0. The summed E-state index contributed by atoms with van der Waals surface area (Å²) in [6, 6.07) is 7.93. The summed E-state index contributed by atoms with van der Waals surface area (Å²) in [6.45, 7) is 3.41. The predicted octanol–water partition coefficient (Wildman–Crippen LogP) is 4.52. The van der Waals surface area contributed by atoms with E-state index in [1.54, 1.807) is 12.1 Å². The molecule has 0 atom stereocenters. The molecule has 0 aliphatic carbocycles. The molecule has 0 bridgehead atoms. The summed E-state index contributed by atoms with van der Waals surface area (Å²) >= 11 is 6.09. The lowest BCUT2D eigenvalue weighted by atomic mass is 10.1. The molecule has 0 unspecified atom stereocenters. The normalized spacial score (nSPS) is 11.8. The van der Waals surface area contributed by atoms with Gasteiger partial charge in [-0.3, -0.25) is 4.79 Å². The molecule has 1 amide bonds. The first-order chi connectivity index (χ1) is 12.2. The van der Waals surface area contributed by atoms with Crippen LogP contribution in [0.1, 0.15) is 34.4 Å². The van der Waals surface area contributed by atoms with Gasteiger partial charge in [-0.2, -0.15) is 18.3 Å². The number of fused-ring (bicyclic) bond motifs is 1. The minimum Gasteiger partial charge on any atom is -0.321 e. The lowest BCUT2D eigenvalue weighted by Crippen LogP contribution is -2.15. The fourth-order valence-corrected chi connectivity index (χ4v) is 2.72. The zero-order chi connectivity index (χ0) is 19.1. The van der Waals surface area contributed by atoms with Crippen LogP contribution in [0.15, 0.2) is 30.3 Å². The van der Waals surface area contributed by atoms with E-state index in [9.17, 15) is 18.0 Å². The van der Waals surface area contributed by atoms with Crippen molar-refractivity contribution in [3.63, 3.8) is 0 Å². The van der Waals surface area contributed by atoms with Gasteiger partial charge in [-0.1, -0.05) is 30.7 Å². The second-order valence-electron chi connectivity index (χ2n) is 5.68. The van der Waals surface area contributed by atoms with E-state index in [2.05, 4.69) is 15.4 Å². The maximum absolute atomic E-state index is 13.2. The van der Waals surface area contributed by atoms with Crippen molar-refractivity contribution in [2.24, 2.45) is 0 Å². The van der Waals surface area contributed by atoms with Gasteiger partial charge < -0.3 is 5.32 Å². The molecule has 1 aromatic carbocycles. The van der Waals surface area contributed by atoms with Gasteiger partial charge >= 0.3 is 6.18 Å². The van der Waals surface area contributed by atoms with Gasteiger partial charge in [-0.05, 0) is 37.1 Å².